The van der Waals surface area contributed by atoms with E-state index >= 15 is 0 Å². The van der Waals surface area contributed by atoms with Gasteiger partial charge in [-0.2, -0.15) is 8.42 Å². The Bertz CT molecular complexity index is 1810. The van der Waals surface area contributed by atoms with E-state index in [0.717, 1.165) is 44.6 Å². The number of hydrogen-bond donors (Lipinski definition) is 2. The van der Waals surface area contributed by atoms with E-state index in [1.165, 1.54) is 76.0 Å². The van der Waals surface area contributed by atoms with Crippen LogP contribution in [0.25, 0.3) is 0 Å². The minimum absolute atomic E-state index is 0. The molecule has 4 aromatic carbocycles. The molecule has 2 N–H and O–H groups in total. The second-order valence-electron chi connectivity index (χ2n) is 14.0. The zero-order valence-corrected chi connectivity index (χ0v) is 37.3. The molecule has 0 heterocycles. The van der Waals surface area contributed by atoms with Crippen molar-refractivity contribution in [1.29, 1.82) is 0 Å². The van der Waals surface area contributed by atoms with Crippen molar-refractivity contribution >= 4 is 58.0 Å². The fourth-order valence-corrected chi connectivity index (χ4v) is 7.94. The van der Waals surface area contributed by atoms with Gasteiger partial charge in [-0.15, -0.1) is 5.75 Å². The minimum Gasteiger partial charge on any atom is -0.872 e. The van der Waals surface area contributed by atoms with Crippen molar-refractivity contribution in [3.63, 3.8) is 0 Å². The van der Waals surface area contributed by atoms with Crippen molar-refractivity contribution in [2.24, 2.45) is 0 Å². The number of para-hydroxylation sites is 2. The Morgan fingerprint density at radius 1 is 0.526 bits per heavy atom. The summed E-state index contributed by atoms with van der Waals surface area (Å²) in [5.41, 5.74) is 0.315. The Labute approximate surface area is 370 Å². The van der Waals surface area contributed by atoms with Crippen LogP contribution >= 0.6 is 0 Å². The molecule has 0 atom stereocenters. The molecule has 0 spiro atoms. The zero-order valence-electron chi connectivity index (χ0n) is 33.5. The van der Waals surface area contributed by atoms with Gasteiger partial charge in [0, 0.05) is 17.7 Å². The molecule has 0 bridgehead atoms. The van der Waals surface area contributed by atoms with Crippen LogP contribution in [0.5, 0.6) is 34.5 Å². The second-order valence-corrected chi connectivity index (χ2v) is 16.8. The molecular formula is C44H58CaO10S2. The summed E-state index contributed by atoms with van der Waals surface area (Å²) in [4.78, 5) is -0.754. The Balaban J connectivity index is 0.000000387. The molecule has 0 radical (unpaired) electrons. The molecule has 10 nitrogen and oxygen atoms in total. The van der Waals surface area contributed by atoms with E-state index in [2.05, 4.69) is 13.8 Å². The third kappa shape index (κ3) is 19.2. The molecule has 0 fully saturated rings. The summed E-state index contributed by atoms with van der Waals surface area (Å²) in [6.45, 7) is 4.37. The van der Waals surface area contributed by atoms with Gasteiger partial charge in [0.25, 0.3) is 10.1 Å². The molecule has 57 heavy (non-hydrogen) atoms. The third-order valence-electron chi connectivity index (χ3n) is 9.37. The molecule has 308 valence electrons. The Kier molecular flexibility index (Phi) is 23.8. The first-order valence-electron chi connectivity index (χ1n) is 19.9. The predicted molar refractivity (Wildman–Crippen MR) is 223 cm³/mol. The van der Waals surface area contributed by atoms with Crippen LogP contribution in [0.1, 0.15) is 128 Å². The van der Waals surface area contributed by atoms with E-state index in [9.17, 15) is 36.2 Å². The number of rotatable bonds is 24. The molecule has 0 saturated heterocycles. The number of phenols is 1. The molecule has 4 aromatic rings. The van der Waals surface area contributed by atoms with Crippen molar-refractivity contribution in [1.82, 2.24) is 0 Å². The van der Waals surface area contributed by atoms with Gasteiger partial charge in [-0.25, -0.2) is 8.42 Å². The van der Waals surface area contributed by atoms with Gasteiger partial charge in [0.2, 0.25) is 0 Å². The summed E-state index contributed by atoms with van der Waals surface area (Å²) in [6.07, 6.45) is 18.3. The molecule has 0 amide bonds. The van der Waals surface area contributed by atoms with Gasteiger partial charge in [0.05, 0.1) is 4.90 Å². The average Bonchev–Trinajstić information content (AvgIpc) is 3.15. The third-order valence-corrected chi connectivity index (χ3v) is 11.2. The molecule has 0 unspecified atom stereocenters. The summed E-state index contributed by atoms with van der Waals surface area (Å²) >= 11 is 0. The van der Waals surface area contributed by atoms with Gasteiger partial charge >= 0.3 is 37.7 Å². The smallest absolute Gasteiger partial charge is 0.872 e. The monoisotopic (exact) mass is 850 g/mol. The van der Waals surface area contributed by atoms with Crippen molar-refractivity contribution < 1.29 is 45.6 Å². The molecule has 13 heteroatoms. The largest absolute Gasteiger partial charge is 2.00 e. The Hall–Kier alpha value is -2.84. The standard InChI is InChI=1S/2C22H30O5S.Ca/c2*1-2-3-4-5-6-7-8-12-15-20-21(23)16-19(17-22(20)28(24,25)26)27-18-13-10-9-11-14-18;/h2*9-11,13-14,16-17,23H,2-8,12,15H2,1H3,(H,24,25,26);/q;;+2/p-2. The van der Waals surface area contributed by atoms with Crippen LogP contribution < -0.4 is 14.6 Å². The number of hydrogen-bond acceptors (Lipinski definition) is 9. The topological polar surface area (TPSA) is 173 Å². The molecule has 0 aliphatic rings. The first-order valence-corrected chi connectivity index (χ1v) is 22.8. The first-order chi connectivity index (χ1) is 26.8. The van der Waals surface area contributed by atoms with Gasteiger partial charge in [-0.3, -0.25) is 4.55 Å². The van der Waals surface area contributed by atoms with Crippen LogP contribution in [0.3, 0.4) is 0 Å². The van der Waals surface area contributed by atoms with E-state index in [0.29, 0.717) is 24.3 Å². The molecule has 0 aliphatic heterocycles. The van der Waals surface area contributed by atoms with Crippen molar-refractivity contribution in [2.45, 2.75) is 139 Å². The number of aromatic hydroxyl groups is 1. The summed E-state index contributed by atoms with van der Waals surface area (Å²) in [5.74, 6) is 0.557. The van der Waals surface area contributed by atoms with Crippen LogP contribution in [0.15, 0.2) is 94.7 Å². The van der Waals surface area contributed by atoms with Crippen LogP contribution in [0.4, 0.5) is 0 Å². The summed E-state index contributed by atoms with van der Waals surface area (Å²) < 4.78 is 79.5. The number of ether oxygens (including phenoxy) is 2. The van der Waals surface area contributed by atoms with E-state index in [4.69, 9.17) is 9.47 Å². The molecule has 0 aromatic heterocycles. The maximum absolute atomic E-state index is 12.5. The summed E-state index contributed by atoms with van der Waals surface area (Å²) in [5, 5.41) is 22.8. The van der Waals surface area contributed by atoms with Crippen LogP contribution in [-0.2, 0) is 33.1 Å². The van der Waals surface area contributed by atoms with E-state index in [1.54, 1.807) is 48.5 Å². The van der Waals surface area contributed by atoms with Crippen molar-refractivity contribution in [3.8, 4) is 34.5 Å². The molecule has 4 rings (SSSR count). The van der Waals surface area contributed by atoms with Crippen LogP contribution in [0.2, 0.25) is 0 Å². The Morgan fingerprint density at radius 2 is 0.912 bits per heavy atom. The molecule has 0 saturated carbocycles. The summed E-state index contributed by atoms with van der Waals surface area (Å²) in [6, 6.07) is 22.6. The maximum Gasteiger partial charge on any atom is 2.00 e. The van der Waals surface area contributed by atoms with Crippen molar-refractivity contribution in [3.05, 3.63) is 96.1 Å². The molecule has 0 aliphatic carbocycles. The predicted octanol–water partition coefficient (Wildman–Crippen LogP) is 10.9. The van der Waals surface area contributed by atoms with E-state index in [-0.39, 0.29) is 77.4 Å². The summed E-state index contributed by atoms with van der Waals surface area (Å²) in [7, 11) is -9.23. The fourth-order valence-electron chi connectivity index (χ4n) is 6.39. The average molecular weight is 851 g/mol. The fraction of sp³-hybridized carbons (Fsp3) is 0.455. The minimum atomic E-state index is -4.76. The SMILES string of the molecule is CCCCCCCCCCc1c(O)cc(Oc2ccccc2)cc1S(=O)(=O)O.CCCCCCCCCCc1c([O-])cc(Oc2ccccc2)cc1S(=O)(=O)[O-].[Ca+2]. The van der Waals surface area contributed by atoms with Crippen LogP contribution in [0, 0.1) is 0 Å². The normalized spacial score (nSPS) is 11.3. The zero-order chi connectivity index (χ0) is 40.8. The first kappa shape index (κ1) is 50.3. The Morgan fingerprint density at radius 3 is 1.33 bits per heavy atom. The van der Waals surface area contributed by atoms with Gasteiger partial charge < -0.3 is 24.2 Å². The van der Waals surface area contributed by atoms with Gasteiger partial charge in [-0.1, -0.05) is 140 Å². The maximum atomic E-state index is 12.5. The number of benzene rings is 4. The van der Waals surface area contributed by atoms with E-state index < -0.39 is 30.9 Å². The van der Waals surface area contributed by atoms with Gasteiger partial charge in [-0.05, 0) is 67.6 Å². The van der Waals surface area contributed by atoms with Crippen LogP contribution in [-0.4, -0.2) is 68.8 Å². The quantitative estimate of drug-likeness (QED) is 0.0392. The van der Waals surface area contributed by atoms with E-state index in [1.807, 2.05) is 12.1 Å². The second kappa shape index (κ2) is 27.0. The van der Waals surface area contributed by atoms with Crippen molar-refractivity contribution in [2.75, 3.05) is 0 Å². The number of unbranched alkanes of at least 4 members (excludes halogenated alkanes) is 14. The van der Waals surface area contributed by atoms with Gasteiger partial charge in [0.1, 0.15) is 43.8 Å². The van der Waals surface area contributed by atoms with Gasteiger partial charge in [0.15, 0.2) is 0 Å². The molecular weight excluding hydrogens is 793 g/mol. The number of phenolic OH excluding ortho intramolecular Hbond substituents is 1.